The molecule has 2 aromatic rings. The van der Waals surface area contributed by atoms with Crippen molar-refractivity contribution in [2.45, 2.75) is 39.5 Å². The zero-order valence-corrected chi connectivity index (χ0v) is 15.3. The third-order valence-corrected chi connectivity index (χ3v) is 5.69. The molecule has 1 N–H and O–H groups in total. The number of thiazole rings is 1. The molecule has 25 heavy (non-hydrogen) atoms. The van der Waals surface area contributed by atoms with Crippen LogP contribution in [0.5, 0.6) is 0 Å². The zero-order chi connectivity index (χ0) is 17.6. The number of rotatable bonds is 4. The van der Waals surface area contributed by atoms with Gasteiger partial charge in [0.25, 0.3) is 0 Å². The molecule has 1 fully saturated rings. The van der Waals surface area contributed by atoms with E-state index in [1.54, 1.807) is 0 Å². The average Bonchev–Trinajstić information content (AvgIpc) is 3.28. The molecule has 2 amide bonds. The van der Waals surface area contributed by atoms with Gasteiger partial charge >= 0.3 is 0 Å². The molecule has 0 radical (unpaired) electrons. The largest absolute Gasteiger partial charge is 0.312 e. The lowest BCUT2D eigenvalue weighted by Gasteiger charge is -2.17. The first-order chi connectivity index (χ1) is 12.1. The number of nitrogens with one attached hydrogen (secondary N) is 1. The van der Waals surface area contributed by atoms with Crippen LogP contribution in [0.25, 0.3) is 11.3 Å². The molecule has 1 aromatic carbocycles. The summed E-state index contributed by atoms with van der Waals surface area (Å²) >= 11 is 1.50. The number of hydrogen-bond acceptors (Lipinski definition) is 4. The molecule has 1 saturated carbocycles. The average molecular weight is 355 g/mol. The Hall–Kier alpha value is -2.21. The maximum absolute atomic E-state index is 12.4. The van der Waals surface area contributed by atoms with E-state index >= 15 is 0 Å². The molecule has 1 aliphatic heterocycles. The number of fused-ring (bicyclic) bond motifs is 1. The van der Waals surface area contributed by atoms with E-state index in [1.807, 2.05) is 30.9 Å². The molecule has 6 heteroatoms. The van der Waals surface area contributed by atoms with Crippen molar-refractivity contribution in [2.24, 2.45) is 5.92 Å². The Morgan fingerprint density at radius 3 is 2.88 bits per heavy atom. The van der Waals surface area contributed by atoms with Crippen LogP contribution in [0, 0.1) is 12.8 Å². The van der Waals surface area contributed by atoms with Crippen LogP contribution in [0.1, 0.15) is 36.6 Å². The van der Waals surface area contributed by atoms with Crippen molar-refractivity contribution in [3.63, 3.8) is 0 Å². The van der Waals surface area contributed by atoms with Crippen LogP contribution in [-0.2, 0) is 16.0 Å². The summed E-state index contributed by atoms with van der Waals surface area (Å²) in [6, 6.07) is 6.22. The van der Waals surface area contributed by atoms with Gasteiger partial charge in [-0.1, -0.05) is 13.0 Å². The van der Waals surface area contributed by atoms with Gasteiger partial charge in [0.2, 0.25) is 11.8 Å². The lowest BCUT2D eigenvalue weighted by atomic mass is 10.1. The first-order valence-corrected chi connectivity index (χ1v) is 9.60. The van der Waals surface area contributed by atoms with E-state index in [1.165, 1.54) is 16.9 Å². The van der Waals surface area contributed by atoms with Gasteiger partial charge < -0.3 is 10.2 Å². The Bertz CT molecular complexity index is 854. The van der Waals surface area contributed by atoms with Gasteiger partial charge in [-0.25, -0.2) is 4.98 Å². The summed E-state index contributed by atoms with van der Waals surface area (Å²) in [4.78, 5) is 31.6. The highest BCUT2D eigenvalue weighted by atomic mass is 32.1. The number of amides is 2. The molecular formula is C19H21N3O2S. The maximum Gasteiger partial charge on any atom is 0.230 e. The van der Waals surface area contributed by atoms with Gasteiger partial charge in [0.1, 0.15) is 0 Å². The standard InChI is InChI=1S/C19H21N3O2S/c1-3-16(23)20-19-21-17(11(2)25-19)14-6-7-15-13(10-14)8-9-22(15)18(24)12-4-5-12/h6-7,10,12H,3-5,8-9H2,1-2H3,(H,20,21,23). The number of aromatic nitrogens is 1. The predicted octanol–water partition coefficient (Wildman–Crippen LogP) is 3.77. The summed E-state index contributed by atoms with van der Waals surface area (Å²) in [5, 5.41) is 3.48. The molecule has 2 heterocycles. The van der Waals surface area contributed by atoms with Crippen LogP contribution < -0.4 is 10.2 Å². The van der Waals surface area contributed by atoms with Gasteiger partial charge in [0, 0.05) is 35.0 Å². The lowest BCUT2D eigenvalue weighted by molar-refractivity contribution is -0.119. The van der Waals surface area contributed by atoms with Crippen LogP contribution in [-0.4, -0.2) is 23.3 Å². The van der Waals surface area contributed by atoms with Crippen molar-refractivity contribution in [1.82, 2.24) is 4.98 Å². The highest BCUT2D eigenvalue weighted by molar-refractivity contribution is 7.16. The molecule has 0 atom stereocenters. The molecule has 2 aliphatic rings. The Morgan fingerprint density at radius 1 is 1.36 bits per heavy atom. The van der Waals surface area contributed by atoms with Crippen molar-refractivity contribution < 1.29 is 9.59 Å². The summed E-state index contributed by atoms with van der Waals surface area (Å²) in [5.74, 6) is 0.500. The van der Waals surface area contributed by atoms with Crippen molar-refractivity contribution >= 4 is 34.0 Å². The van der Waals surface area contributed by atoms with E-state index in [4.69, 9.17) is 0 Å². The Balaban J connectivity index is 1.60. The Labute approximate surface area is 151 Å². The van der Waals surface area contributed by atoms with Crippen molar-refractivity contribution in [2.75, 3.05) is 16.8 Å². The normalized spacial score (nSPS) is 16.0. The number of carbonyl (C=O) groups is 2. The summed E-state index contributed by atoms with van der Waals surface area (Å²) < 4.78 is 0. The van der Waals surface area contributed by atoms with Gasteiger partial charge in [-0.3, -0.25) is 9.59 Å². The quantitative estimate of drug-likeness (QED) is 0.908. The number of anilines is 2. The fraction of sp³-hybridized carbons (Fsp3) is 0.421. The van der Waals surface area contributed by atoms with Gasteiger partial charge in [-0.05, 0) is 43.9 Å². The van der Waals surface area contributed by atoms with E-state index in [-0.39, 0.29) is 17.7 Å². The summed E-state index contributed by atoms with van der Waals surface area (Å²) in [5.41, 5.74) is 4.21. The van der Waals surface area contributed by atoms with E-state index in [0.717, 1.165) is 47.6 Å². The molecule has 5 nitrogen and oxygen atoms in total. The minimum absolute atomic E-state index is 0.0246. The Kier molecular flexibility index (Phi) is 4.07. The molecule has 0 spiro atoms. The molecule has 1 aromatic heterocycles. The zero-order valence-electron chi connectivity index (χ0n) is 14.5. The fourth-order valence-electron chi connectivity index (χ4n) is 3.25. The number of nitrogens with zero attached hydrogens (tertiary/aromatic N) is 2. The van der Waals surface area contributed by atoms with Gasteiger partial charge in [0.15, 0.2) is 5.13 Å². The molecule has 130 valence electrons. The summed E-state index contributed by atoms with van der Waals surface area (Å²) in [7, 11) is 0. The summed E-state index contributed by atoms with van der Waals surface area (Å²) in [6.07, 6.45) is 3.40. The first kappa shape index (κ1) is 16.3. The first-order valence-electron chi connectivity index (χ1n) is 8.78. The predicted molar refractivity (Wildman–Crippen MR) is 100.0 cm³/mol. The van der Waals surface area contributed by atoms with Crippen molar-refractivity contribution in [3.8, 4) is 11.3 Å². The number of benzene rings is 1. The van der Waals surface area contributed by atoms with Crippen LogP contribution in [0.15, 0.2) is 18.2 Å². The Morgan fingerprint density at radius 2 is 2.16 bits per heavy atom. The SMILES string of the molecule is CCC(=O)Nc1nc(-c2ccc3c(c2)CCN3C(=O)C2CC2)c(C)s1. The number of hydrogen-bond donors (Lipinski definition) is 1. The highest BCUT2D eigenvalue weighted by Gasteiger charge is 2.36. The summed E-state index contributed by atoms with van der Waals surface area (Å²) in [6.45, 7) is 4.62. The van der Waals surface area contributed by atoms with E-state index in [2.05, 4.69) is 16.4 Å². The third-order valence-electron chi connectivity index (χ3n) is 4.81. The van der Waals surface area contributed by atoms with Gasteiger partial charge in [0.05, 0.1) is 5.69 Å². The molecule has 1 aliphatic carbocycles. The molecule has 0 bridgehead atoms. The van der Waals surface area contributed by atoms with Crippen molar-refractivity contribution in [3.05, 3.63) is 28.6 Å². The van der Waals surface area contributed by atoms with Crippen LogP contribution >= 0.6 is 11.3 Å². The second kappa shape index (κ2) is 6.26. The third kappa shape index (κ3) is 3.06. The van der Waals surface area contributed by atoms with Crippen LogP contribution in [0.4, 0.5) is 10.8 Å². The van der Waals surface area contributed by atoms with Gasteiger partial charge in [-0.2, -0.15) is 0 Å². The monoisotopic (exact) mass is 355 g/mol. The minimum Gasteiger partial charge on any atom is -0.312 e. The highest BCUT2D eigenvalue weighted by Crippen LogP contribution is 2.39. The van der Waals surface area contributed by atoms with Crippen LogP contribution in [0.2, 0.25) is 0 Å². The fourth-order valence-corrected chi connectivity index (χ4v) is 4.11. The second-order valence-corrected chi connectivity index (χ2v) is 7.89. The van der Waals surface area contributed by atoms with E-state index in [0.29, 0.717) is 11.6 Å². The molecule has 0 unspecified atom stereocenters. The van der Waals surface area contributed by atoms with E-state index in [9.17, 15) is 9.59 Å². The minimum atomic E-state index is -0.0246. The number of aryl methyl sites for hydroxylation is 1. The lowest BCUT2D eigenvalue weighted by Crippen LogP contribution is -2.30. The van der Waals surface area contributed by atoms with Gasteiger partial charge in [-0.15, -0.1) is 11.3 Å². The van der Waals surface area contributed by atoms with E-state index < -0.39 is 0 Å². The van der Waals surface area contributed by atoms with Crippen molar-refractivity contribution in [1.29, 1.82) is 0 Å². The maximum atomic E-state index is 12.4. The molecule has 0 saturated heterocycles. The second-order valence-electron chi connectivity index (χ2n) is 6.68. The van der Waals surface area contributed by atoms with Crippen LogP contribution in [0.3, 0.4) is 0 Å². The topological polar surface area (TPSA) is 62.3 Å². The number of carbonyl (C=O) groups excluding carboxylic acids is 2. The molecule has 4 rings (SSSR count). The smallest absolute Gasteiger partial charge is 0.230 e. The molecular weight excluding hydrogens is 334 g/mol.